The first-order valence-corrected chi connectivity index (χ1v) is 12.8. The van der Waals surface area contributed by atoms with Crippen molar-refractivity contribution in [2.45, 2.75) is 43.6 Å². The summed E-state index contributed by atoms with van der Waals surface area (Å²) in [6, 6.07) is 32.0. The van der Waals surface area contributed by atoms with Crippen LogP contribution in [0.25, 0.3) is 0 Å². The first kappa shape index (κ1) is 22.9. The maximum atomic E-state index is 13.2. The summed E-state index contributed by atoms with van der Waals surface area (Å²) in [6.07, 6.45) is 4.66. The first-order valence-electron chi connectivity index (χ1n) is 12.8. The van der Waals surface area contributed by atoms with Crippen LogP contribution in [0.2, 0.25) is 0 Å². The van der Waals surface area contributed by atoms with Gasteiger partial charge in [0.05, 0.1) is 0 Å². The van der Waals surface area contributed by atoms with Crippen LogP contribution in [-0.4, -0.2) is 48.4 Å². The highest BCUT2D eigenvalue weighted by atomic mass is 16.2. The maximum absolute atomic E-state index is 13.2. The van der Waals surface area contributed by atoms with E-state index in [2.05, 4.69) is 65.6 Å². The van der Waals surface area contributed by atoms with Gasteiger partial charge in [-0.25, -0.2) is 0 Å². The molecule has 2 aliphatic rings. The summed E-state index contributed by atoms with van der Waals surface area (Å²) < 4.78 is 0. The molecule has 0 radical (unpaired) electrons. The van der Waals surface area contributed by atoms with E-state index in [1.807, 2.05) is 42.3 Å². The van der Waals surface area contributed by atoms with Crippen molar-refractivity contribution >= 4 is 5.91 Å². The van der Waals surface area contributed by atoms with Crippen molar-refractivity contribution in [2.24, 2.45) is 5.92 Å². The highest BCUT2D eigenvalue weighted by Crippen LogP contribution is 2.43. The average molecular weight is 453 g/mol. The van der Waals surface area contributed by atoms with Crippen molar-refractivity contribution < 1.29 is 4.79 Å². The fourth-order valence-corrected chi connectivity index (χ4v) is 6.22. The van der Waals surface area contributed by atoms with Crippen LogP contribution in [0.1, 0.15) is 59.0 Å². The molecule has 3 heteroatoms. The van der Waals surface area contributed by atoms with Gasteiger partial charge in [0.15, 0.2) is 0 Å². The Morgan fingerprint density at radius 2 is 1.47 bits per heavy atom. The second-order valence-electron chi connectivity index (χ2n) is 10.2. The molecular formula is C31H36N2O. The summed E-state index contributed by atoms with van der Waals surface area (Å²) in [5.74, 6) is 1.83. The minimum atomic E-state index is 0.139. The molecule has 0 bridgehead atoms. The Balaban J connectivity index is 1.31. The number of hydrogen-bond donors (Lipinski definition) is 0. The summed E-state index contributed by atoms with van der Waals surface area (Å²) in [7, 11) is 2.00. The van der Waals surface area contributed by atoms with Gasteiger partial charge in [0.1, 0.15) is 0 Å². The van der Waals surface area contributed by atoms with E-state index in [0.717, 1.165) is 31.5 Å². The Hall–Kier alpha value is -2.91. The van der Waals surface area contributed by atoms with Crippen LogP contribution < -0.4 is 0 Å². The lowest BCUT2D eigenvalue weighted by molar-refractivity contribution is 0.0729. The lowest BCUT2D eigenvalue weighted by Crippen LogP contribution is -2.39. The second-order valence-corrected chi connectivity index (χ2v) is 10.2. The Kier molecular flexibility index (Phi) is 7.10. The number of rotatable bonds is 6. The quantitative estimate of drug-likeness (QED) is 0.444. The van der Waals surface area contributed by atoms with Crippen LogP contribution in [0.4, 0.5) is 0 Å². The molecule has 3 nitrogen and oxygen atoms in total. The van der Waals surface area contributed by atoms with E-state index < -0.39 is 0 Å². The molecule has 2 fully saturated rings. The van der Waals surface area contributed by atoms with Gasteiger partial charge in [-0.05, 0) is 73.2 Å². The Labute approximate surface area is 204 Å². The van der Waals surface area contributed by atoms with E-state index in [4.69, 9.17) is 0 Å². The highest BCUT2D eigenvalue weighted by molar-refractivity contribution is 5.94. The van der Waals surface area contributed by atoms with Crippen LogP contribution in [0.5, 0.6) is 0 Å². The number of nitrogens with zero attached hydrogens (tertiary/aromatic N) is 2. The Morgan fingerprint density at radius 1 is 0.853 bits per heavy atom. The van der Waals surface area contributed by atoms with Gasteiger partial charge in [-0.2, -0.15) is 0 Å². The van der Waals surface area contributed by atoms with Gasteiger partial charge in [-0.3, -0.25) is 4.79 Å². The van der Waals surface area contributed by atoms with Crippen molar-refractivity contribution in [3.05, 3.63) is 108 Å². The molecule has 1 amide bonds. The zero-order valence-electron chi connectivity index (χ0n) is 20.2. The number of amides is 1. The van der Waals surface area contributed by atoms with Crippen LogP contribution >= 0.6 is 0 Å². The van der Waals surface area contributed by atoms with E-state index in [-0.39, 0.29) is 11.9 Å². The minimum absolute atomic E-state index is 0.139. The number of likely N-dealkylation sites (tertiary alicyclic amines) is 1. The van der Waals surface area contributed by atoms with Crippen LogP contribution in [0.15, 0.2) is 91.0 Å². The standard InChI is InChI=1S/C31H36N2O/c1-32(31(34)26-16-9-4-10-17-26)29-20-28(30(21-29)25-14-7-3-8-15-25)23-33-19-11-18-27(22-33)24-12-5-2-6-13-24/h2-10,12-17,27-30H,11,18-23H2,1H3/t27?,28-,29?,30-/m1/s1. The minimum Gasteiger partial charge on any atom is -0.339 e. The topological polar surface area (TPSA) is 23.6 Å². The lowest BCUT2D eigenvalue weighted by Gasteiger charge is -2.36. The van der Waals surface area contributed by atoms with Gasteiger partial charge in [-0.15, -0.1) is 0 Å². The lowest BCUT2D eigenvalue weighted by atomic mass is 9.86. The van der Waals surface area contributed by atoms with Gasteiger partial charge < -0.3 is 9.80 Å². The van der Waals surface area contributed by atoms with Crippen molar-refractivity contribution in [1.82, 2.24) is 9.80 Å². The van der Waals surface area contributed by atoms with Gasteiger partial charge in [0.2, 0.25) is 0 Å². The summed E-state index contributed by atoms with van der Waals surface area (Å²) >= 11 is 0. The van der Waals surface area contributed by atoms with Crippen LogP contribution in [0, 0.1) is 5.92 Å². The number of carbonyl (C=O) groups is 1. The Bertz CT molecular complexity index is 1050. The van der Waals surface area contributed by atoms with E-state index in [0.29, 0.717) is 17.8 Å². The zero-order valence-corrected chi connectivity index (χ0v) is 20.2. The number of benzene rings is 3. The molecule has 1 saturated heterocycles. The molecule has 2 unspecified atom stereocenters. The molecule has 1 saturated carbocycles. The van der Waals surface area contributed by atoms with E-state index in [1.54, 1.807) is 0 Å². The third-order valence-corrected chi connectivity index (χ3v) is 8.06. The smallest absolute Gasteiger partial charge is 0.253 e. The van der Waals surface area contributed by atoms with Crippen molar-refractivity contribution in [2.75, 3.05) is 26.7 Å². The second kappa shape index (κ2) is 10.6. The molecule has 0 N–H and O–H groups in total. The fraction of sp³-hybridized carbons (Fsp3) is 0.387. The van der Waals surface area contributed by atoms with E-state index in [9.17, 15) is 4.79 Å². The van der Waals surface area contributed by atoms with E-state index >= 15 is 0 Å². The van der Waals surface area contributed by atoms with Crippen molar-refractivity contribution in [3.63, 3.8) is 0 Å². The highest BCUT2D eigenvalue weighted by Gasteiger charge is 2.39. The predicted octanol–water partition coefficient (Wildman–Crippen LogP) is 6.20. The molecule has 1 aliphatic carbocycles. The van der Waals surface area contributed by atoms with Crippen molar-refractivity contribution in [1.29, 1.82) is 0 Å². The largest absolute Gasteiger partial charge is 0.339 e. The fourth-order valence-electron chi connectivity index (χ4n) is 6.22. The average Bonchev–Trinajstić information content (AvgIpc) is 3.33. The van der Waals surface area contributed by atoms with Crippen LogP contribution in [0.3, 0.4) is 0 Å². The molecule has 1 heterocycles. The number of piperidine rings is 1. The molecule has 5 rings (SSSR count). The summed E-state index contributed by atoms with van der Waals surface area (Å²) in [5.41, 5.74) is 3.68. The predicted molar refractivity (Wildman–Crippen MR) is 139 cm³/mol. The molecule has 176 valence electrons. The van der Waals surface area contributed by atoms with Gasteiger partial charge in [-0.1, -0.05) is 78.9 Å². The SMILES string of the molecule is CN(C(=O)c1ccccc1)C1C[C@H](CN2CCCC(c3ccccc3)C2)[C@@H](c2ccccc2)C1. The van der Waals surface area contributed by atoms with Gasteiger partial charge in [0, 0.05) is 31.7 Å². The number of carbonyl (C=O) groups excluding carboxylic acids is 1. The summed E-state index contributed by atoms with van der Waals surface area (Å²) in [4.78, 5) is 17.9. The van der Waals surface area contributed by atoms with Crippen molar-refractivity contribution in [3.8, 4) is 0 Å². The molecule has 3 aromatic carbocycles. The van der Waals surface area contributed by atoms with Gasteiger partial charge in [0.25, 0.3) is 5.91 Å². The molecular weight excluding hydrogens is 416 g/mol. The summed E-state index contributed by atoms with van der Waals surface area (Å²) in [5, 5.41) is 0. The third kappa shape index (κ3) is 5.10. The van der Waals surface area contributed by atoms with E-state index in [1.165, 1.54) is 30.5 Å². The maximum Gasteiger partial charge on any atom is 0.253 e. The normalized spacial score (nSPS) is 25.2. The molecule has 0 aromatic heterocycles. The third-order valence-electron chi connectivity index (χ3n) is 8.06. The molecule has 34 heavy (non-hydrogen) atoms. The van der Waals surface area contributed by atoms with Crippen LogP contribution in [-0.2, 0) is 0 Å². The number of hydrogen-bond acceptors (Lipinski definition) is 2. The molecule has 1 aliphatic heterocycles. The zero-order chi connectivity index (χ0) is 23.3. The molecule has 0 spiro atoms. The van der Waals surface area contributed by atoms with Gasteiger partial charge >= 0.3 is 0 Å². The monoisotopic (exact) mass is 452 g/mol. The summed E-state index contributed by atoms with van der Waals surface area (Å²) in [6.45, 7) is 3.45. The Morgan fingerprint density at radius 3 is 2.15 bits per heavy atom. The molecule has 4 atom stereocenters. The molecule has 3 aromatic rings. The first-order chi connectivity index (χ1) is 16.7.